The van der Waals surface area contributed by atoms with Crippen LogP contribution in [0.1, 0.15) is 15.9 Å². The highest BCUT2D eigenvalue weighted by Crippen LogP contribution is 2.28. The van der Waals surface area contributed by atoms with E-state index < -0.39 is 5.82 Å². The smallest absolute Gasteiger partial charge is 0.254 e. The van der Waals surface area contributed by atoms with Gasteiger partial charge in [-0.3, -0.25) is 19.8 Å². The number of halogens is 1. The molecule has 9 heteroatoms. The normalized spacial score (nSPS) is 14.5. The minimum absolute atomic E-state index is 0.169. The van der Waals surface area contributed by atoms with Crippen LogP contribution < -0.4 is 5.32 Å². The van der Waals surface area contributed by atoms with Crippen molar-refractivity contribution in [1.29, 1.82) is 0 Å². The van der Waals surface area contributed by atoms with Crippen LogP contribution in [-0.4, -0.2) is 64.5 Å². The molecule has 1 N–H and O–H groups in total. The lowest BCUT2D eigenvalue weighted by Crippen LogP contribution is -2.50. The van der Waals surface area contributed by atoms with Crippen LogP contribution >= 0.6 is 11.3 Å². The number of aromatic nitrogens is 2. The molecule has 2 aromatic carbocycles. The largest absolute Gasteiger partial charge is 0.336 e. The predicted octanol–water partition coefficient (Wildman–Crippen LogP) is 3.05. The van der Waals surface area contributed by atoms with Crippen molar-refractivity contribution in [3.8, 4) is 10.6 Å². The number of anilines is 1. The molecule has 0 atom stereocenters. The second-order valence-electron chi connectivity index (χ2n) is 7.35. The van der Waals surface area contributed by atoms with Crippen molar-refractivity contribution in [2.24, 2.45) is 0 Å². The topological polar surface area (TPSA) is 78.4 Å². The number of piperazine rings is 1. The highest BCUT2D eigenvalue weighted by atomic mass is 32.1. The van der Waals surface area contributed by atoms with Crippen LogP contribution in [-0.2, 0) is 4.79 Å². The third kappa shape index (κ3) is 5.12. The minimum Gasteiger partial charge on any atom is -0.336 e. The Balaban J connectivity index is 1.28. The number of carbonyl (C=O) groups excluding carboxylic acids is 2. The monoisotopic (exact) mass is 439 g/mol. The van der Waals surface area contributed by atoms with Gasteiger partial charge in [-0.25, -0.2) is 4.39 Å². The molecule has 0 unspecified atom stereocenters. The van der Waals surface area contributed by atoms with E-state index in [4.69, 9.17) is 0 Å². The summed E-state index contributed by atoms with van der Waals surface area (Å²) in [6, 6.07) is 13.6. The molecule has 0 spiro atoms. The fraction of sp³-hybridized carbons (Fsp3) is 0.273. The molecule has 31 heavy (non-hydrogen) atoms. The van der Waals surface area contributed by atoms with Gasteiger partial charge in [0, 0.05) is 37.3 Å². The van der Waals surface area contributed by atoms with Gasteiger partial charge in [-0.1, -0.05) is 41.7 Å². The van der Waals surface area contributed by atoms with Gasteiger partial charge in [-0.15, -0.1) is 10.2 Å². The number of rotatable bonds is 5. The standard InChI is InChI=1S/C22H22FN5O2S/c1-15-5-2-3-8-18(15)20-25-26-22(31-20)24-19(29)14-27-9-11-28(12-10-27)21(30)16-6-4-7-17(23)13-16/h2-8,13H,9-12,14H2,1H3,(H,24,26,29). The number of nitrogens with one attached hydrogen (secondary N) is 1. The number of amides is 2. The van der Waals surface area contributed by atoms with Gasteiger partial charge in [-0.2, -0.15) is 0 Å². The quantitative estimate of drug-likeness (QED) is 0.661. The van der Waals surface area contributed by atoms with E-state index in [9.17, 15) is 14.0 Å². The molecule has 1 aliphatic rings. The van der Waals surface area contributed by atoms with Crippen LogP contribution in [0.5, 0.6) is 0 Å². The summed E-state index contributed by atoms with van der Waals surface area (Å²) in [5.74, 6) is -0.790. The van der Waals surface area contributed by atoms with Crippen molar-refractivity contribution in [3.05, 3.63) is 65.5 Å². The first kappa shape index (κ1) is 21.1. The van der Waals surface area contributed by atoms with E-state index in [-0.39, 0.29) is 18.4 Å². The number of hydrogen-bond donors (Lipinski definition) is 1. The molecule has 0 saturated carbocycles. The van der Waals surface area contributed by atoms with Crippen LogP contribution in [0.15, 0.2) is 48.5 Å². The van der Waals surface area contributed by atoms with E-state index in [1.807, 2.05) is 36.1 Å². The first-order valence-electron chi connectivity index (χ1n) is 9.96. The molecule has 7 nitrogen and oxygen atoms in total. The average Bonchev–Trinajstić information content (AvgIpc) is 3.22. The van der Waals surface area contributed by atoms with Crippen LogP contribution in [0.25, 0.3) is 10.6 Å². The molecule has 0 radical (unpaired) electrons. The summed E-state index contributed by atoms with van der Waals surface area (Å²) < 4.78 is 13.4. The Labute approximate surface area is 183 Å². The number of nitrogens with zero attached hydrogens (tertiary/aromatic N) is 4. The maximum absolute atomic E-state index is 13.4. The zero-order valence-electron chi connectivity index (χ0n) is 17.0. The molecule has 2 amide bonds. The van der Waals surface area contributed by atoms with Crippen LogP contribution in [0.2, 0.25) is 0 Å². The van der Waals surface area contributed by atoms with Crippen LogP contribution in [0.3, 0.4) is 0 Å². The van der Waals surface area contributed by atoms with Crippen LogP contribution in [0.4, 0.5) is 9.52 Å². The first-order valence-corrected chi connectivity index (χ1v) is 10.8. The zero-order chi connectivity index (χ0) is 21.8. The second kappa shape index (κ2) is 9.32. The summed E-state index contributed by atoms with van der Waals surface area (Å²) in [6.07, 6.45) is 0. The van der Waals surface area contributed by atoms with E-state index in [0.717, 1.165) is 16.1 Å². The average molecular weight is 440 g/mol. The van der Waals surface area contributed by atoms with Crippen LogP contribution in [0, 0.1) is 12.7 Å². The molecule has 1 saturated heterocycles. The fourth-order valence-corrected chi connectivity index (χ4v) is 4.32. The Morgan fingerprint density at radius 3 is 2.58 bits per heavy atom. The minimum atomic E-state index is -0.427. The van der Waals surface area contributed by atoms with E-state index in [1.165, 1.54) is 29.5 Å². The molecule has 160 valence electrons. The van der Waals surface area contributed by atoms with Crippen molar-refractivity contribution in [2.75, 3.05) is 38.0 Å². The Hall–Kier alpha value is -3.17. The molecule has 0 bridgehead atoms. The summed E-state index contributed by atoms with van der Waals surface area (Å²) in [5.41, 5.74) is 2.44. The number of aryl methyl sites for hydroxylation is 1. The van der Waals surface area contributed by atoms with Gasteiger partial charge in [0.15, 0.2) is 0 Å². The van der Waals surface area contributed by atoms with Gasteiger partial charge in [0.1, 0.15) is 10.8 Å². The van der Waals surface area contributed by atoms with Gasteiger partial charge >= 0.3 is 0 Å². The van der Waals surface area contributed by atoms with E-state index in [1.54, 1.807) is 11.0 Å². The maximum Gasteiger partial charge on any atom is 0.254 e. The van der Waals surface area contributed by atoms with Gasteiger partial charge in [0.2, 0.25) is 11.0 Å². The molecular weight excluding hydrogens is 417 g/mol. The summed E-state index contributed by atoms with van der Waals surface area (Å²) >= 11 is 1.34. The van der Waals surface area contributed by atoms with Gasteiger partial charge in [0.05, 0.1) is 6.54 Å². The SMILES string of the molecule is Cc1ccccc1-c1nnc(NC(=O)CN2CCN(C(=O)c3cccc(F)c3)CC2)s1. The highest BCUT2D eigenvalue weighted by Gasteiger charge is 2.24. The Bertz CT molecular complexity index is 1090. The zero-order valence-corrected chi connectivity index (χ0v) is 17.9. The van der Waals surface area contributed by atoms with Gasteiger partial charge < -0.3 is 4.90 Å². The van der Waals surface area contributed by atoms with Crippen molar-refractivity contribution in [2.45, 2.75) is 6.92 Å². The fourth-order valence-electron chi connectivity index (χ4n) is 3.47. The lowest BCUT2D eigenvalue weighted by molar-refractivity contribution is -0.117. The molecular formula is C22H22FN5O2S. The molecule has 1 aromatic heterocycles. The van der Waals surface area contributed by atoms with E-state index in [0.29, 0.717) is 36.9 Å². The second-order valence-corrected chi connectivity index (χ2v) is 8.33. The molecule has 0 aliphatic carbocycles. The Kier molecular flexibility index (Phi) is 6.34. The van der Waals surface area contributed by atoms with Crippen molar-refractivity contribution >= 4 is 28.3 Å². The number of benzene rings is 2. The summed E-state index contributed by atoms with van der Waals surface area (Å²) in [4.78, 5) is 28.6. The van der Waals surface area contributed by atoms with Gasteiger partial charge in [-0.05, 0) is 30.7 Å². The van der Waals surface area contributed by atoms with E-state index in [2.05, 4.69) is 15.5 Å². The molecule has 2 heterocycles. The van der Waals surface area contributed by atoms with Crippen molar-refractivity contribution in [1.82, 2.24) is 20.0 Å². The summed E-state index contributed by atoms with van der Waals surface area (Å²) in [7, 11) is 0. The third-order valence-corrected chi connectivity index (χ3v) is 6.02. The molecule has 4 rings (SSSR count). The number of hydrogen-bond acceptors (Lipinski definition) is 6. The number of carbonyl (C=O) groups is 2. The predicted molar refractivity (Wildman–Crippen MR) is 117 cm³/mol. The van der Waals surface area contributed by atoms with Gasteiger partial charge in [0.25, 0.3) is 5.91 Å². The lowest BCUT2D eigenvalue weighted by atomic mass is 10.1. The highest BCUT2D eigenvalue weighted by molar-refractivity contribution is 7.18. The summed E-state index contributed by atoms with van der Waals surface area (Å²) in [5, 5.41) is 12.3. The Morgan fingerprint density at radius 1 is 1.06 bits per heavy atom. The third-order valence-electron chi connectivity index (χ3n) is 5.15. The molecule has 1 fully saturated rings. The summed E-state index contributed by atoms with van der Waals surface area (Å²) in [6.45, 7) is 4.32. The van der Waals surface area contributed by atoms with Crippen molar-refractivity contribution < 1.29 is 14.0 Å². The lowest BCUT2D eigenvalue weighted by Gasteiger charge is -2.34. The van der Waals surface area contributed by atoms with Crippen molar-refractivity contribution in [3.63, 3.8) is 0 Å². The first-order chi connectivity index (χ1) is 15.0. The van der Waals surface area contributed by atoms with E-state index >= 15 is 0 Å². The molecule has 3 aromatic rings. The maximum atomic E-state index is 13.4. The molecule has 1 aliphatic heterocycles. The Morgan fingerprint density at radius 2 is 1.84 bits per heavy atom.